The lowest BCUT2D eigenvalue weighted by molar-refractivity contribution is 0.0910. The zero-order chi connectivity index (χ0) is 16.7. The zero-order valence-corrected chi connectivity index (χ0v) is 14.6. The highest BCUT2D eigenvalue weighted by Gasteiger charge is 2.23. The monoisotopic (exact) mass is 319 g/mol. The van der Waals surface area contributed by atoms with Gasteiger partial charge in [0.2, 0.25) is 0 Å². The fourth-order valence-electron chi connectivity index (χ4n) is 3.04. The maximum atomic E-state index is 12.5. The first-order chi connectivity index (χ1) is 11.2. The molecule has 1 amide bonds. The van der Waals surface area contributed by atoms with Crippen LogP contribution in [0.1, 0.15) is 62.7 Å². The van der Waals surface area contributed by atoms with Crippen LogP contribution in [0.3, 0.4) is 0 Å². The summed E-state index contributed by atoms with van der Waals surface area (Å²) in [6, 6.07) is 5.69. The largest absolute Gasteiger partial charge is 0.493 e. The van der Waals surface area contributed by atoms with Crippen LogP contribution in [0, 0.1) is 5.92 Å². The highest BCUT2D eigenvalue weighted by molar-refractivity contribution is 5.95. The quantitative estimate of drug-likeness (QED) is 0.767. The van der Waals surface area contributed by atoms with Crippen molar-refractivity contribution in [1.82, 2.24) is 5.32 Å². The Morgan fingerprint density at radius 3 is 2.74 bits per heavy atom. The van der Waals surface area contributed by atoms with Crippen molar-refractivity contribution in [1.29, 1.82) is 0 Å². The Balaban J connectivity index is 2.02. The molecule has 4 heteroatoms. The summed E-state index contributed by atoms with van der Waals surface area (Å²) in [7, 11) is 1.60. The van der Waals surface area contributed by atoms with Crippen molar-refractivity contribution in [2.45, 2.75) is 58.4 Å². The van der Waals surface area contributed by atoms with E-state index in [9.17, 15) is 4.79 Å². The molecular formula is C19H29NO3. The summed E-state index contributed by atoms with van der Waals surface area (Å²) in [5.74, 6) is 1.84. The maximum absolute atomic E-state index is 12.5. The van der Waals surface area contributed by atoms with Gasteiger partial charge in [-0.2, -0.15) is 0 Å². The average Bonchev–Trinajstić information content (AvgIpc) is 2.57. The summed E-state index contributed by atoms with van der Waals surface area (Å²) in [6.45, 7) is 5.01. The van der Waals surface area contributed by atoms with Crippen LogP contribution in [0.15, 0.2) is 18.2 Å². The summed E-state index contributed by atoms with van der Waals surface area (Å²) >= 11 is 0. The van der Waals surface area contributed by atoms with E-state index in [4.69, 9.17) is 9.47 Å². The number of amides is 1. The molecule has 4 nitrogen and oxygen atoms in total. The lowest BCUT2D eigenvalue weighted by Crippen LogP contribution is -2.41. The molecule has 0 radical (unpaired) electrons. The summed E-state index contributed by atoms with van der Waals surface area (Å²) in [5, 5.41) is 3.17. The number of carbonyl (C=O) groups is 1. The van der Waals surface area contributed by atoms with Crippen LogP contribution in [0.4, 0.5) is 0 Å². The van der Waals surface area contributed by atoms with E-state index >= 15 is 0 Å². The van der Waals surface area contributed by atoms with Gasteiger partial charge in [-0.3, -0.25) is 4.79 Å². The van der Waals surface area contributed by atoms with Crippen LogP contribution < -0.4 is 14.8 Å². The van der Waals surface area contributed by atoms with Crippen LogP contribution in [0.25, 0.3) is 0 Å². The third-order valence-corrected chi connectivity index (χ3v) is 4.61. The molecule has 2 rings (SSSR count). The Kier molecular flexibility index (Phi) is 6.75. The number of carbonyl (C=O) groups excluding carboxylic acids is 1. The number of rotatable bonds is 7. The molecule has 0 saturated heterocycles. The normalized spacial score (nSPS) is 20.8. The van der Waals surface area contributed by atoms with Crippen LogP contribution in [0.5, 0.6) is 11.5 Å². The first-order valence-electron chi connectivity index (χ1n) is 8.77. The van der Waals surface area contributed by atoms with Crippen molar-refractivity contribution in [3.05, 3.63) is 23.8 Å². The Morgan fingerprint density at radius 2 is 2.04 bits per heavy atom. The third kappa shape index (κ3) is 4.88. The average molecular weight is 319 g/mol. The van der Waals surface area contributed by atoms with Gasteiger partial charge in [0.1, 0.15) is 0 Å². The van der Waals surface area contributed by atoms with Crippen molar-refractivity contribution in [3.63, 3.8) is 0 Å². The second kappa shape index (κ2) is 8.80. The SMILES string of the molecule is CCCCOc1ccc(C(=O)NC2CCCCC2C)cc1OC. The molecule has 1 N–H and O–H groups in total. The molecule has 1 saturated carbocycles. The van der Waals surface area contributed by atoms with Gasteiger partial charge >= 0.3 is 0 Å². The fourth-order valence-corrected chi connectivity index (χ4v) is 3.04. The van der Waals surface area contributed by atoms with Crippen molar-refractivity contribution >= 4 is 5.91 Å². The van der Waals surface area contributed by atoms with Crippen molar-refractivity contribution in [3.8, 4) is 11.5 Å². The molecule has 1 aromatic carbocycles. The van der Waals surface area contributed by atoms with Gasteiger partial charge in [-0.15, -0.1) is 0 Å². The zero-order valence-electron chi connectivity index (χ0n) is 14.6. The number of hydrogen-bond donors (Lipinski definition) is 1. The van der Waals surface area contributed by atoms with E-state index in [1.807, 2.05) is 12.1 Å². The van der Waals surface area contributed by atoms with E-state index in [0.717, 1.165) is 19.3 Å². The van der Waals surface area contributed by atoms with E-state index in [2.05, 4.69) is 19.2 Å². The van der Waals surface area contributed by atoms with Crippen LogP contribution in [0.2, 0.25) is 0 Å². The molecule has 0 bridgehead atoms. The smallest absolute Gasteiger partial charge is 0.251 e. The standard InChI is InChI=1S/C19H29NO3/c1-4-5-12-23-17-11-10-15(13-18(17)22-3)19(21)20-16-9-7-6-8-14(16)2/h10-11,13-14,16H,4-9,12H2,1-3H3,(H,20,21). The second-order valence-corrected chi connectivity index (χ2v) is 6.41. The molecule has 0 aliphatic heterocycles. The van der Waals surface area contributed by atoms with Gasteiger partial charge in [-0.25, -0.2) is 0 Å². The van der Waals surface area contributed by atoms with Crippen LogP contribution in [-0.2, 0) is 0 Å². The molecular weight excluding hydrogens is 290 g/mol. The van der Waals surface area contributed by atoms with Crippen molar-refractivity contribution in [2.75, 3.05) is 13.7 Å². The Labute approximate surface area is 139 Å². The summed E-state index contributed by atoms with van der Waals surface area (Å²) in [5.41, 5.74) is 0.627. The second-order valence-electron chi connectivity index (χ2n) is 6.41. The lowest BCUT2D eigenvalue weighted by Gasteiger charge is -2.29. The maximum Gasteiger partial charge on any atom is 0.251 e. The topological polar surface area (TPSA) is 47.6 Å². The Hall–Kier alpha value is -1.71. The van der Waals surface area contributed by atoms with Gasteiger partial charge in [-0.05, 0) is 43.4 Å². The molecule has 0 aromatic heterocycles. The number of hydrogen-bond acceptors (Lipinski definition) is 3. The molecule has 0 spiro atoms. The molecule has 2 unspecified atom stereocenters. The summed E-state index contributed by atoms with van der Waals surface area (Å²) < 4.78 is 11.1. The summed E-state index contributed by atoms with van der Waals surface area (Å²) in [4.78, 5) is 12.5. The number of methoxy groups -OCH3 is 1. The molecule has 0 heterocycles. The van der Waals surface area contributed by atoms with E-state index in [1.165, 1.54) is 19.3 Å². The first-order valence-corrected chi connectivity index (χ1v) is 8.77. The van der Waals surface area contributed by atoms with Gasteiger partial charge in [0.25, 0.3) is 5.91 Å². The van der Waals surface area contributed by atoms with E-state index in [-0.39, 0.29) is 11.9 Å². The van der Waals surface area contributed by atoms with Crippen molar-refractivity contribution < 1.29 is 14.3 Å². The molecule has 23 heavy (non-hydrogen) atoms. The number of ether oxygens (including phenoxy) is 2. The van der Waals surface area contributed by atoms with Gasteiger partial charge in [-0.1, -0.05) is 33.1 Å². The number of benzene rings is 1. The predicted molar refractivity (Wildman–Crippen MR) is 92.3 cm³/mol. The molecule has 1 fully saturated rings. The first kappa shape index (κ1) is 17.6. The minimum atomic E-state index is -0.0258. The van der Waals surface area contributed by atoms with Gasteiger partial charge in [0, 0.05) is 11.6 Å². The molecule has 1 aromatic rings. The van der Waals surface area contributed by atoms with E-state index < -0.39 is 0 Å². The minimum absolute atomic E-state index is 0.0258. The minimum Gasteiger partial charge on any atom is -0.493 e. The van der Waals surface area contributed by atoms with E-state index in [0.29, 0.717) is 29.6 Å². The molecule has 2 atom stereocenters. The molecule has 1 aliphatic rings. The number of nitrogens with one attached hydrogen (secondary N) is 1. The highest BCUT2D eigenvalue weighted by Crippen LogP contribution is 2.29. The highest BCUT2D eigenvalue weighted by atomic mass is 16.5. The predicted octanol–water partition coefficient (Wildman–Crippen LogP) is 4.18. The third-order valence-electron chi connectivity index (χ3n) is 4.61. The lowest BCUT2D eigenvalue weighted by atomic mass is 9.86. The molecule has 1 aliphatic carbocycles. The summed E-state index contributed by atoms with van der Waals surface area (Å²) in [6.07, 6.45) is 6.82. The van der Waals surface area contributed by atoms with Gasteiger partial charge in [0.05, 0.1) is 13.7 Å². The van der Waals surface area contributed by atoms with Gasteiger partial charge < -0.3 is 14.8 Å². The fraction of sp³-hybridized carbons (Fsp3) is 0.632. The van der Waals surface area contributed by atoms with Gasteiger partial charge in [0.15, 0.2) is 11.5 Å². The number of unbranched alkanes of at least 4 members (excludes halogenated alkanes) is 1. The molecule has 128 valence electrons. The van der Waals surface area contributed by atoms with Crippen LogP contribution in [-0.4, -0.2) is 25.7 Å². The van der Waals surface area contributed by atoms with Crippen LogP contribution >= 0.6 is 0 Å². The Morgan fingerprint density at radius 1 is 1.26 bits per heavy atom. The van der Waals surface area contributed by atoms with Crippen molar-refractivity contribution in [2.24, 2.45) is 5.92 Å². The Bertz CT molecular complexity index is 515. The van der Waals surface area contributed by atoms with E-state index in [1.54, 1.807) is 13.2 Å².